The average molecular weight is 324 g/mol. The highest BCUT2D eigenvalue weighted by Gasteiger charge is 1.92. The third-order valence-electron chi connectivity index (χ3n) is 2.48. The van der Waals surface area contributed by atoms with Crippen LogP contribution in [0.5, 0.6) is 17.2 Å². The molecule has 0 aliphatic heterocycles. The predicted molar refractivity (Wildman–Crippen MR) is 95.3 cm³/mol. The van der Waals surface area contributed by atoms with Crippen molar-refractivity contribution in [2.45, 2.75) is 0 Å². The van der Waals surface area contributed by atoms with Crippen LogP contribution in [-0.2, 0) is 9.59 Å². The minimum absolute atomic E-state index is 0.322. The molecule has 0 aromatic heterocycles. The molecule has 0 aliphatic carbocycles. The van der Waals surface area contributed by atoms with Crippen molar-refractivity contribution in [3.8, 4) is 17.2 Å². The Morgan fingerprint density at radius 2 is 0.833 bits per heavy atom. The topological polar surface area (TPSA) is 63.6 Å². The Kier molecular flexibility index (Phi) is 12.5. The summed E-state index contributed by atoms with van der Waals surface area (Å²) in [5.74, 6) is 2.06. The fourth-order valence-corrected chi connectivity index (χ4v) is 1.54. The van der Waals surface area contributed by atoms with Crippen molar-refractivity contribution in [2.75, 3.05) is 0 Å². The summed E-state index contributed by atoms with van der Waals surface area (Å²) in [5, 5.41) is 8.63. The van der Waals surface area contributed by atoms with Gasteiger partial charge in [-0.15, -0.1) is 0 Å². The number of carbonyl (C=O) groups excluding carboxylic acids is 2. The number of ether oxygens (including phenoxy) is 1. The SMILES string of the molecule is C=O.C=O.Oc1ccccc1.c1ccc(Oc2ccccc2)cc1. The first-order valence-corrected chi connectivity index (χ1v) is 6.94. The molecule has 24 heavy (non-hydrogen) atoms. The second-order valence-electron chi connectivity index (χ2n) is 4.06. The van der Waals surface area contributed by atoms with Crippen molar-refractivity contribution in [1.82, 2.24) is 0 Å². The normalized spacial score (nSPS) is 8.00. The standard InChI is InChI=1S/C12H10O.C6H6O.2CH2O/c1-3-7-11(8-4-1)13-12-9-5-2-6-10-12;7-6-4-2-1-3-5-6;2*1-2/h1-10H;1-5,7H;2*1H2. The summed E-state index contributed by atoms with van der Waals surface area (Å²) in [5.41, 5.74) is 0. The summed E-state index contributed by atoms with van der Waals surface area (Å²) in [4.78, 5) is 16.0. The molecule has 1 N–H and O–H groups in total. The van der Waals surface area contributed by atoms with Gasteiger partial charge in [0.2, 0.25) is 0 Å². The predicted octanol–water partition coefficient (Wildman–Crippen LogP) is 4.50. The molecule has 0 spiro atoms. The van der Waals surface area contributed by atoms with Gasteiger partial charge < -0.3 is 19.4 Å². The third-order valence-corrected chi connectivity index (χ3v) is 2.48. The number of benzene rings is 3. The molecule has 0 saturated heterocycles. The van der Waals surface area contributed by atoms with Crippen molar-refractivity contribution >= 4 is 13.6 Å². The van der Waals surface area contributed by atoms with E-state index in [9.17, 15) is 0 Å². The minimum Gasteiger partial charge on any atom is -0.508 e. The average Bonchev–Trinajstić information content (AvgIpc) is 2.68. The van der Waals surface area contributed by atoms with Crippen LogP contribution < -0.4 is 4.74 Å². The first kappa shape index (κ1) is 20.6. The largest absolute Gasteiger partial charge is 0.508 e. The number of phenolic OH excluding ortho intramolecular Hbond substituents is 1. The van der Waals surface area contributed by atoms with Crippen LogP contribution in [0.1, 0.15) is 0 Å². The van der Waals surface area contributed by atoms with Gasteiger partial charge in [0.1, 0.15) is 30.8 Å². The third kappa shape index (κ3) is 9.52. The zero-order chi connectivity index (χ0) is 18.0. The molecule has 0 aliphatic rings. The lowest BCUT2D eigenvalue weighted by molar-refractivity contribution is -0.0987. The first-order valence-electron chi connectivity index (χ1n) is 6.94. The summed E-state index contributed by atoms with van der Waals surface area (Å²) in [6, 6.07) is 28.2. The Balaban J connectivity index is 0.000000408. The quantitative estimate of drug-likeness (QED) is 0.754. The van der Waals surface area contributed by atoms with Crippen LogP contribution in [0.2, 0.25) is 0 Å². The van der Waals surface area contributed by atoms with Crippen LogP contribution in [0.15, 0.2) is 91.0 Å². The Morgan fingerprint density at radius 3 is 1.08 bits per heavy atom. The van der Waals surface area contributed by atoms with Crippen LogP contribution in [0, 0.1) is 0 Å². The number of aromatic hydroxyl groups is 1. The lowest BCUT2D eigenvalue weighted by Gasteiger charge is -2.03. The van der Waals surface area contributed by atoms with E-state index in [4.69, 9.17) is 19.4 Å². The van der Waals surface area contributed by atoms with E-state index in [1.165, 1.54) is 0 Å². The highest BCUT2D eigenvalue weighted by atomic mass is 16.5. The maximum atomic E-state index is 8.63. The van der Waals surface area contributed by atoms with Gasteiger partial charge in [-0.2, -0.15) is 0 Å². The van der Waals surface area contributed by atoms with Crippen LogP contribution in [-0.4, -0.2) is 18.7 Å². The van der Waals surface area contributed by atoms with E-state index in [1.807, 2.05) is 80.3 Å². The van der Waals surface area contributed by atoms with Crippen LogP contribution in [0.25, 0.3) is 0 Å². The first-order chi connectivity index (χ1) is 11.8. The van der Waals surface area contributed by atoms with E-state index in [2.05, 4.69) is 0 Å². The summed E-state index contributed by atoms with van der Waals surface area (Å²) >= 11 is 0. The maximum absolute atomic E-state index is 8.63. The summed E-state index contributed by atoms with van der Waals surface area (Å²) in [6.45, 7) is 4.00. The fraction of sp³-hybridized carbons (Fsp3) is 0. The summed E-state index contributed by atoms with van der Waals surface area (Å²) < 4.78 is 5.58. The molecule has 0 atom stereocenters. The molecule has 0 unspecified atom stereocenters. The molecule has 3 rings (SSSR count). The van der Waals surface area contributed by atoms with Crippen LogP contribution >= 0.6 is 0 Å². The van der Waals surface area contributed by atoms with Gasteiger partial charge >= 0.3 is 0 Å². The van der Waals surface area contributed by atoms with Gasteiger partial charge in [0.25, 0.3) is 0 Å². The monoisotopic (exact) mass is 324 g/mol. The molecule has 0 saturated carbocycles. The number of carbonyl (C=O) groups is 2. The molecular weight excluding hydrogens is 304 g/mol. The Morgan fingerprint density at radius 1 is 0.542 bits per heavy atom. The van der Waals surface area contributed by atoms with Crippen molar-refractivity contribution in [3.05, 3.63) is 91.0 Å². The number of phenols is 1. The van der Waals surface area contributed by atoms with Gasteiger partial charge in [-0.25, -0.2) is 0 Å². The van der Waals surface area contributed by atoms with E-state index >= 15 is 0 Å². The summed E-state index contributed by atoms with van der Waals surface area (Å²) in [7, 11) is 0. The molecule has 3 aromatic rings. The second-order valence-corrected chi connectivity index (χ2v) is 4.06. The Labute approximate surface area is 142 Å². The molecule has 0 radical (unpaired) electrons. The van der Waals surface area contributed by atoms with E-state index in [0.717, 1.165) is 11.5 Å². The molecule has 3 aromatic carbocycles. The molecular formula is C20H20O4. The number of para-hydroxylation sites is 3. The van der Waals surface area contributed by atoms with Gasteiger partial charge in [0.05, 0.1) is 0 Å². The molecule has 124 valence electrons. The van der Waals surface area contributed by atoms with E-state index < -0.39 is 0 Å². The lowest BCUT2D eigenvalue weighted by atomic mass is 10.3. The van der Waals surface area contributed by atoms with Gasteiger partial charge in [0.15, 0.2) is 0 Å². The highest BCUT2D eigenvalue weighted by Crippen LogP contribution is 2.19. The fourth-order valence-electron chi connectivity index (χ4n) is 1.54. The molecule has 4 nitrogen and oxygen atoms in total. The van der Waals surface area contributed by atoms with Crippen LogP contribution in [0.3, 0.4) is 0 Å². The Bertz CT molecular complexity index is 588. The molecule has 4 heteroatoms. The number of hydrogen-bond donors (Lipinski definition) is 1. The van der Waals surface area contributed by atoms with Crippen molar-refractivity contribution < 1.29 is 19.4 Å². The van der Waals surface area contributed by atoms with Crippen molar-refractivity contribution in [3.63, 3.8) is 0 Å². The Hall–Kier alpha value is -3.40. The van der Waals surface area contributed by atoms with Gasteiger partial charge in [-0.1, -0.05) is 54.6 Å². The van der Waals surface area contributed by atoms with E-state index in [0.29, 0.717) is 5.75 Å². The van der Waals surface area contributed by atoms with Crippen LogP contribution in [0.4, 0.5) is 0 Å². The van der Waals surface area contributed by atoms with E-state index in [1.54, 1.807) is 24.3 Å². The second kappa shape index (κ2) is 14.5. The zero-order valence-electron chi connectivity index (χ0n) is 13.2. The van der Waals surface area contributed by atoms with Gasteiger partial charge in [0, 0.05) is 0 Å². The van der Waals surface area contributed by atoms with E-state index in [-0.39, 0.29) is 0 Å². The lowest BCUT2D eigenvalue weighted by Crippen LogP contribution is -1.81. The minimum atomic E-state index is 0.322. The number of hydrogen-bond acceptors (Lipinski definition) is 4. The molecule has 0 amide bonds. The molecule has 0 heterocycles. The highest BCUT2D eigenvalue weighted by molar-refractivity contribution is 5.30. The molecule has 0 bridgehead atoms. The number of rotatable bonds is 2. The summed E-state index contributed by atoms with van der Waals surface area (Å²) in [6.07, 6.45) is 0. The smallest absolute Gasteiger partial charge is 0.127 e. The zero-order valence-corrected chi connectivity index (χ0v) is 13.2. The molecule has 0 fully saturated rings. The van der Waals surface area contributed by atoms with Gasteiger partial charge in [-0.05, 0) is 36.4 Å². The van der Waals surface area contributed by atoms with Crippen molar-refractivity contribution in [1.29, 1.82) is 0 Å². The van der Waals surface area contributed by atoms with Gasteiger partial charge in [-0.3, -0.25) is 0 Å². The maximum Gasteiger partial charge on any atom is 0.127 e. The van der Waals surface area contributed by atoms with Crippen molar-refractivity contribution in [2.24, 2.45) is 0 Å².